The van der Waals surface area contributed by atoms with Crippen LogP contribution < -0.4 is 15.4 Å². The van der Waals surface area contributed by atoms with Crippen LogP contribution in [-0.2, 0) is 4.74 Å². The molecular weight excluding hydrogens is 244 g/mol. The summed E-state index contributed by atoms with van der Waals surface area (Å²) in [6, 6.07) is 1.86. The predicted molar refractivity (Wildman–Crippen MR) is 73.4 cm³/mol. The van der Waals surface area contributed by atoms with Gasteiger partial charge >= 0.3 is 0 Å². The summed E-state index contributed by atoms with van der Waals surface area (Å²) in [6.07, 6.45) is 1.55. The number of nitrogens with zero attached hydrogens (tertiary/aromatic N) is 3. The summed E-state index contributed by atoms with van der Waals surface area (Å²) in [5, 5.41) is 0. The van der Waals surface area contributed by atoms with Crippen molar-refractivity contribution in [1.29, 1.82) is 0 Å². The number of hydrogen-bond donors (Lipinski definition) is 1. The van der Waals surface area contributed by atoms with Crippen molar-refractivity contribution < 1.29 is 9.47 Å². The average Bonchev–Trinajstić information content (AvgIpc) is 2.37. The molecule has 1 aliphatic rings. The van der Waals surface area contributed by atoms with E-state index in [0.29, 0.717) is 19.0 Å². The van der Waals surface area contributed by atoms with Gasteiger partial charge in [0, 0.05) is 25.7 Å². The Balaban J connectivity index is 2.17. The molecule has 1 saturated heterocycles. The van der Waals surface area contributed by atoms with Crippen LogP contribution in [0.5, 0.6) is 5.88 Å². The van der Waals surface area contributed by atoms with Gasteiger partial charge in [-0.05, 0) is 20.8 Å². The van der Waals surface area contributed by atoms with Crippen LogP contribution in [0, 0.1) is 0 Å². The highest BCUT2D eigenvalue weighted by atomic mass is 16.5. The van der Waals surface area contributed by atoms with E-state index in [2.05, 4.69) is 28.7 Å². The van der Waals surface area contributed by atoms with Crippen molar-refractivity contribution in [3.8, 4) is 5.88 Å². The average molecular weight is 266 g/mol. The molecule has 2 heterocycles. The number of morpholine rings is 1. The lowest BCUT2D eigenvalue weighted by molar-refractivity contribution is -0.0790. The lowest BCUT2D eigenvalue weighted by Gasteiger charge is -2.43. The van der Waals surface area contributed by atoms with E-state index in [1.807, 2.05) is 13.0 Å². The van der Waals surface area contributed by atoms with Crippen LogP contribution in [0.1, 0.15) is 20.8 Å². The Morgan fingerprint density at radius 2 is 2.32 bits per heavy atom. The van der Waals surface area contributed by atoms with Crippen molar-refractivity contribution in [1.82, 2.24) is 9.97 Å². The minimum absolute atomic E-state index is 0.0225. The van der Waals surface area contributed by atoms with Gasteiger partial charge in [0.25, 0.3) is 0 Å². The molecule has 0 saturated carbocycles. The van der Waals surface area contributed by atoms with Crippen molar-refractivity contribution in [3.05, 3.63) is 12.4 Å². The molecule has 19 heavy (non-hydrogen) atoms. The molecule has 2 rings (SSSR count). The molecule has 0 aromatic carbocycles. The Hall–Kier alpha value is -1.40. The van der Waals surface area contributed by atoms with Gasteiger partial charge in [-0.1, -0.05) is 0 Å². The normalized spacial score (nSPS) is 22.3. The van der Waals surface area contributed by atoms with Crippen LogP contribution >= 0.6 is 0 Å². The molecule has 1 atom stereocenters. The molecule has 0 aliphatic carbocycles. The Bertz CT molecular complexity index is 425. The molecule has 1 fully saturated rings. The molecule has 0 spiro atoms. The second-order valence-corrected chi connectivity index (χ2v) is 5.26. The Labute approximate surface area is 113 Å². The summed E-state index contributed by atoms with van der Waals surface area (Å²) >= 11 is 0. The third-order valence-electron chi connectivity index (χ3n) is 2.99. The number of anilines is 1. The fourth-order valence-electron chi connectivity index (χ4n) is 2.32. The number of nitrogens with two attached hydrogens (primary N) is 1. The van der Waals surface area contributed by atoms with E-state index in [4.69, 9.17) is 15.2 Å². The molecule has 1 unspecified atom stereocenters. The summed E-state index contributed by atoms with van der Waals surface area (Å²) in [5.41, 5.74) is 5.50. The molecule has 0 bridgehead atoms. The molecule has 6 nitrogen and oxygen atoms in total. The molecule has 1 aromatic heterocycles. The van der Waals surface area contributed by atoms with Crippen molar-refractivity contribution in [2.24, 2.45) is 5.73 Å². The van der Waals surface area contributed by atoms with Crippen LogP contribution in [-0.4, -0.2) is 47.9 Å². The van der Waals surface area contributed by atoms with E-state index in [1.54, 1.807) is 0 Å². The molecular formula is C13H22N4O2. The second-order valence-electron chi connectivity index (χ2n) is 5.26. The Morgan fingerprint density at radius 1 is 1.53 bits per heavy atom. The van der Waals surface area contributed by atoms with Gasteiger partial charge in [0.2, 0.25) is 5.88 Å². The zero-order valence-electron chi connectivity index (χ0n) is 11.8. The lowest BCUT2D eigenvalue weighted by atomic mass is 10.1. The maximum absolute atomic E-state index is 5.91. The molecule has 1 aromatic rings. The highest BCUT2D eigenvalue weighted by molar-refractivity contribution is 5.42. The SMILES string of the molecule is CCOc1cc(N2CC(CN)OC(C)(C)C2)ncn1. The first kappa shape index (κ1) is 14.0. The number of rotatable bonds is 4. The van der Waals surface area contributed by atoms with Crippen LogP contribution in [0.15, 0.2) is 12.4 Å². The first-order valence-corrected chi connectivity index (χ1v) is 6.62. The third kappa shape index (κ3) is 3.54. The zero-order chi connectivity index (χ0) is 13.9. The molecule has 106 valence electrons. The summed E-state index contributed by atoms with van der Waals surface area (Å²) in [5.74, 6) is 1.45. The Kier molecular flexibility index (Phi) is 4.21. The minimum Gasteiger partial charge on any atom is -0.478 e. The number of aromatic nitrogens is 2. The minimum atomic E-state index is -0.237. The van der Waals surface area contributed by atoms with Crippen molar-refractivity contribution >= 4 is 5.82 Å². The van der Waals surface area contributed by atoms with Crippen LogP contribution in [0.3, 0.4) is 0 Å². The summed E-state index contributed by atoms with van der Waals surface area (Å²) in [6.45, 7) is 8.66. The van der Waals surface area contributed by atoms with Gasteiger partial charge in [-0.3, -0.25) is 0 Å². The highest BCUT2D eigenvalue weighted by Crippen LogP contribution is 2.25. The van der Waals surface area contributed by atoms with Crippen LogP contribution in [0.4, 0.5) is 5.82 Å². The molecule has 2 N–H and O–H groups in total. The van der Waals surface area contributed by atoms with E-state index in [9.17, 15) is 0 Å². The van der Waals surface area contributed by atoms with E-state index >= 15 is 0 Å². The summed E-state index contributed by atoms with van der Waals surface area (Å²) in [4.78, 5) is 10.6. The number of ether oxygens (including phenoxy) is 2. The quantitative estimate of drug-likeness (QED) is 0.869. The van der Waals surface area contributed by atoms with Gasteiger partial charge in [-0.2, -0.15) is 0 Å². The van der Waals surface area contributed by atoms with Gasteiger partial charge in [-0.15, -0.1) is 0 Å². The first-order chi connectivity index (χ1) is 9.04. The van der Waals surface area contributed by atoms with E-state index in [0.717, 1.165) is 18.9 Å². The van der Waals surface area contributed by atoms with Gasteiger partial charge < -0.3 is 20.1 Å². The van der Waals surface area contributed by atoms with E-state index in [1.165, 1.54) is 6.33 Å². The predicted octanol–water partition coefficient (Wildman–Crippen LogP) is 0.818. The van der Waals surface area contributed by atoms with Crippen LogP contribution in [0.2, 0.25) is 0 Å². The monoisotopic (exact) mass is 266 g/mol. The second kappa shape index (κ2) is 5.71. The van der Waals surface area contributed by atoms with Crippen LogP contribution in [0.25, 0.3) is 0 Å². The van der Waals surface area contributed by atoms with Gasteiger partial charge in [0.05, 0.1) is 18.3 Å². The summed E-state index contributed by atoms with van der Waals surface area (Å²) in [7, 11) is 0. The number of hydrogen-bond acceptors (Lipinski definition) is 6. The lowest BCUT2D eigenvalue weighted by Crippen LogP contribution is -2.55. The molecule has 6 heteroatoms. The maximum atomic E-state index is 5.91. The smallest absolute Gasteiger partial charge is 0.218 e. The molecule has 0 radical (unpaired) electrons. The molecule has 1 aliphatic heterocycles. The van der Waals surface area contributed by atoms with E-state index in [-0.39, 0.29) is 11.7 Å². The van der Waals surface area contributed by atoms with E-state index < -0.39 is 0 Å². The standard InChI is InChI=1S/C13H22N4O2/c1-4-18-12-5-11(15-9-16-12)17-7-10(6-14)19-13(2,3)8-17/h5,9-10H,4,6-8,14H2,1-3H3. The third-order valence-corrected chi connectivity index (χ3v) is 2.99. The zero-order valence-corrected chi connectivity index (χ0v) is 11.8. The van der Waals surface area contributed by atoms with Crippen molar-refractivity contribution in [3.63, 3.8) is 0 Å². The summed E-state index contributed by atoms with van der Waals surface area (Å²) < 4.78 is 11.3. The Morgan fingerprint density at radius 3 is 3.00 bits per heavy atom. The van der Waals surface area contributed by atoms with Crippen molar-refractivity contribution in [2.75, 3.05) is 31.1 Å². The van der Waals surface area contributed by atoms with Gasteiger partial charge in [0.1, 0.15) is 12.1 Å². The fourth-order valence-corrected chi connectivity index (χ4v) is 2.32. The topological polar surface area (TPSA) is 73.5 Å². The molecule has 0 amide bonds. The highest BCUT2D eigenvalue weighted by Gasteiger charge is 2.33. The fraction of sp³-hybridized carbons (Fsp3) is 0.692. The maximum Gasteiger partial charge on any atom is 0.218 e. The van der Waals surface area contributed by atoms with Gasteiger partial charge in [0.15, 0.2) is 0 Å². The van der Waals surface area contributed by atoms with Crippen molar-refractivity contribution in [2.45, 2.75) is 32.5 Å². The largest absolute Gasteiger partial charge is 0.478 e. The first-order valence-electron chi connectivity index (χ1n) is 6.62. The van der Waals surface area contributed by atoms with Gasteiger partial charge in [-0.25, -0.2) is 9.97 Å².